The molecule has 6 rings (SSSR count). The van der Waals surface area contributed by atoms with Crippen molar-refractivity contribution in [1.29, 1.82) is 0 Å². The van der Waals surface area contributed by atoms with Crippen LogP contribution in [0.5, 0.6) is 17.2 Å². The molecule has 10 nitrogen and oxygen atoms in total. The van der Waals surface area contributed by atoms with E-state index in [0.717, 1.165) is 18.7 Å². The van der Waals surface area contributed by atoms with Crippen LogP contribution in [0.3, 0.4) is 0 Å². The number of piperidine rings is 1. The van der Waals surface area contributed by atoms with Gasteiger partial charge in [-0.15, -0.1) is 0 Å². The number of carbonyl (C=O) groups excluding carboxylic acids is 1. The average molecular weight is 521 g/mol. The average Bonchev–Trinajstić information content (AvgIpc) is 3.38. The minimum Gasteiger partial charge on any atom is -0.502 e. The summed E-state index contributed by atoms with van der Waals surface area (Å²) in [6.07, 6.45) is 0.867. The monoisotopic (exact) mass is 520 g/mol. The Morgan fingerprint density at radius 1 is 1.11 bits per heavy atom. The van der Waals surface area contributed by atoms with Gasteiger partial charge in [-0.1, -0.05) is 12.1 Å². The van der Waals surface area contributed by atoms with Gasteiger partial charge in [0.25, 0.3) is 5.56 Å². The summed E-state index contributed by atoms with van der Waals surface area (Å²) in [4.78, 5) is 39.7. The largest absolute Gasteiger partial charge is 0.502 e. The van der Waals surface area contributed by atoms with Crippen LogP contribution in [0.2, 0.25) is 0 Å². The third-order valence-corrected chi connectivity index (χ3v) is 7.65. The van der Waals surface area contributed by atoms with Crippen molar-refractivity contribution in [3.8, 4) is 17.2 Å². The highest BCUT2D eigenvalue weighted by Gasteiger charge is 2.35. The molecule has 3 atom stereocenters. The van der Waals surface area contributed by atoms with E-state index in [2.05, 4.69) is 4.90 Å². The number of hydrogen-bond donors (Lipinski definition) is 1. The molecule has 1 saturated heterocycles. The molecular formula is C28H28N2O8. The zero-order valence-corrected chi connectivity index (χ0v) is 20.9. The Bertz CT molecular complexity index is 1510. The van der Waals surface area contributed by atoms with Gasteiger partial charge in [0, 0.05) is 43.4 Å². The Hall–Kier alpha value is -4.05. The van der Waals surface area contributed by atoms with Crippen LogP contribution in [0.15, 0.2) is 56.5 Å². The Morgan fingerprint density at radius 3 is 2.79 bits per heavy atom. The minimum atomic E-state index is -0.774. The number of pyridine rings is 1. The van der Waals surface area contributed by atoms with Gasteiger partial charge in [0.1, 0.15) is 5.76 Å². The number of rotatable bonds is 6. The molecule has 3 aliphatic rings. The van der Waals surface area contributed by atoms with Crippen LogP contribution in [0.1, 0.15) is 47.5 Å². The molecule has 3 unspecified atom stereocenters. The van der Waals surface area contributed by atoms with Gasteiger partial charge in [-0.3, -0.25) is 19.3 Å². The van der Waals surface area contributed by atoms with E-state index in [1.807, 2.05) is 10.6 Å². The van der Waals surface area contributed by atoms with Crippen LogP contribution in [-0.2, 0) is 22.6 Å². The lowest BCUT2D eigenvalue weighted by Crippen LogP contribution is -2.46. The number of fused-ring (bicyclic) bond motifs is 5. The summed E-state index contributed by atoms with van der Waals surface area (Å²) in [6, 6.07) is 11.9. The maximum atomic E-state index is 12.9. The maximum absolute atomic E-state index is 12.9. The molecule has 1 aromatic carbocycles. The first kappa shape index (κ1) is 24.3. The van der Waals surface area contributed by atoms with E-state index < -0.39 is 23.1 Å². The number of aromatic hydroxyl groups is 1. The minimum absolute atomic E-state index is 0.00543. The van der Waals surface area contributed by atoms with Gasteiger partial charge in [0.05, 0.1) is 26.0 Å². The van der Waals surface area contributed by atoms with Crippen molar-refractivity contribution >= 4 is 5.97 Å². The molecule has 2 aromatic heterocycles. The van der Waals surface area contributed by atoms with E-state index >= 15 is 0 Å². The van der Waals surface area contributed by atoms with Crippen molar-refractivity contribution in [1.82, 2.24) is 9.47 Å². The second kappa shape index (κ2) is 9.68. The predicted molar refractivity (Wildman–Crippen MR) is 135 cm³/mol. The molecule has 0 spiro atoms. The first-order valence-electron chi connectivity index (χ1n) is 12.6. The van der Waals surface area contributed by atoms with Crippen LogP contribution < -0.4 is 20.5 Å². The smallest absolute Gasteiger partial charge is 0.306 e. The summed E-state index contributed by atoms with van der Waals surface area (Å²) >= 11 is 0. The lowest BCUT2D eigenvalue weighted by atomic mass is 9.83. The Morgan fingerprint density at radius 2 is 1.95 bits per heavy atom. The summed E-state index contributed by atoms with van der Waals surface area (Å²) in [5.41, 5.74) is 1.10. The number of aromatic nitrogens is 1. The molecule has 10 heteroatoms. The van der Waals surface area contributed by atoms with Crippen LogP contribution in [-0.4, -0.2) is 47.5 Å². The summed E-state index contributed by atoms with van der Waals surface area (Å²) in [6.45, 7) is 2.59. The second-order valence-electron chi connectivity index (χ2n) is 10.1. The highest BCUT2D eigenvalue weighted by Crippen LogP contribution is 2.40. The van der Waals surface area contributed by atoms with Gasteiger partial charge in [-0.2, -0.15) is 0 Å². The van der Waals surface area contributed by atoms with Crippen molar-refractivity contribution in [3.05, 3.63) is 85.8 Å². The lowest BCUT2D eigenvalue weighted by molar-refractivity contribution is -0.140. The first-order valence-corrected chi connectivity index (χ1v) is 12.6. The van der Waals surface area contributed by atoms with Gasteiger partial charge in [-0.05, 0) is 36.1 Å². The first-order chi connectivity index (χ1) is 18.4. The molecule has 1 fully saturated rings. The van der Waals surface area contributed by atoms with Gasteiger partial charge in [0.15, 0.2) is 17.3 Å². The summed E-state index contributed by atoms with van der Waals surface area (Å²) < 4.78 is 23.8. The molecule has 5 heterocycles. The van der Waals surface area contributed by atoms with Crippen LogP contribution >= 0.6 is 0 Å². The van der Waals surface area contributed by atoms with Crippen molar-refractivity contribution < 1.29 is 28.5 Å². The van der Waals surface area contributed by atoms with Crippen LogP contribution in [0.25, 0.3) is 0 Å². The normalized spacial score (nSPS) is 20.6. The second-order valence-corrected chi connectivity index (χ2v) is 10.1. The summed E-state index contributed by atoms with van der Waals surface area (Å²) in [5, 5.41) is 10.7. The van der Waals surface area contributed by atoms with E-state index in [0.29, 0.717) is 48.4 Å². The van der Waals surface area contributed by atoms with E-state index in [1.54, 1.807) is 30.3 Å². The summed E-state index contributed by atoms with van der Waals surface area (Å²) in [7, 11) is 1.28. The highest BCUT2D eigenvalue weighted by molar-refractivity contribution is 5.71. The Kier molecular flexibility index (Phi) is 6.19. The highest BCUT2D eigenvalue weighted by atomic mass is 16.7. The third kappa shape index (κ3) is 4.45. The van der Waals surface area contributed by atoms with Gasteiger partial charge in [0.2, 0.25) is 18.0 Å². The molecule has 1 N–H and O–H groups in total. The van der Waals surface area contributed by atoms with E-state index in [4.69, 9.17) is 18.6 Å². The standard InChI is InChI=1S/C28H28N2O8/c1-35-26(33)10-20(17-5-6-23-24(8-17)37-15-36-23)28-27(34)22(31)9-19(38-28)14-29-11-16-7-18(13-29)21-3-2-4-25(32)30(21)12-16/h2-6,8-9,16,18,20,34H,7,10-15H2,1H3. The SMILES string of the molecule is COC(=O)CC(c1ccc2c(c1)OCO2)c1oc(CN2CC3CC(C2)c2cccc(=O)n2C3)cc(=O)c1O. The number of ether oxygens (including phenoxy) is 3. The van der Waals surface area contributed by atoms with E-state index in [1.165, 1.54) is 13.2 Å². The molecule has 3 aromatic rings. The lowest BCUT2D eigenvalue weighted by Gasteiger charge is -2.42. The number of benzene rings is 1. The Labute approximate surface area is 218 Å². The predicted octanol–water partition coefficient (Wildman–Crippen LogP) is 2.55. The zero-order valence-electron chi connectivity index (χ0n) is 20.9. The fraction of sp³-hybridized carbons (Fsp3) is 0.393. The fourth-order valence-corrected chi connectivity index (χ4v) is 5.96. The topological polar surface area (TPSA) is 120 Å². The fourth-order valence-electron chi connectivity index (χ4n) is 5.96. The van der Waals surface area contributed by atoms with Crippen molar-refractivity contribution in [2.24, 2.45) is 5.92 Å². The van der Waals surface area contributed by atoms with Gasteiger partial charge >= 0.3 is 5.97 Å². The van der Waals surface area contributed by atoms with Crippen LogP contribution in [0.4, 0.5) is 0 Å². The van der Waals surface area contributed by atoms with Crippen molar-refractivity contribution in [3.63, 3.8) is 0 Å². The molecule has 0 amide bonds. The molecule has 38 heavy (non-hydrogen) atoms. The molecule has 0 radical (unpaired) electrons. The number of esters is 1. The van der Waals surface area contributed by atoms with Crippen LogP contribution in [0, 0.1) is 5.92 Å². The molecule has 2 bridgehead atoms. The molecule has 3 aliphatic heterocycles. The van der Waals surface area contributed by atoms with Gasteiger partial charge < -0.3 is 28.3 Å². The number of likely N-dealkylation sites (tertiary alicyclic amines) is 1. The molecule has 0 saturated carbocycles. The number of nitrogens with zero attached hydrogens (tertiary/aromatic N) is 2. The maximum Gasteiger partial charge on any atom is 0.306 e. The number of hydrogen-bond acceptors (Lipinski definition) is 9. The molecule has 0 aliphatic carbocycles. The van der Waals surface area contributed by atoms with Crippen molar-refractivity contribution in [2.45, 2.75) is 37.8 Å². The number of methoxy groups -OCH3 is 1. The quantitative estimate of drug-likeness (QED) is 0.489. The van der Waals surface area contributed by atoms with E-state index in [9.17, 15) is 19.5 Å². The van der Waals surface area contributed by atoms with E-state index in [-0.39, 0.29) is 30.5 Å². The van der Waals surface area contributed by atoms with Gasteiger partial charge in [-0.25, -0.2) is 0 Å². The summed E-state index contributed by atoms with van der Waals surface area (Å²) in [5.74, 6) is 0.172. The molecular weight excluding hydrogens is 492 g/mol. The zero-order chi connectivity index (χ0) is 26.4. The Balaban J connectivity index is 1.31. The number of carbonyl (C=O) groups is 1. The van der Waals surface area contributed by atoms with Crippen molar-refractivity contribution in [2.75, 3.05) is 27.0 Å². The third-order valence-electron chi connectivity index (χ3n) is 7.65. The molecule has 198 valence electrons.